The normalized spacial score (nSPS) is 12.6. The van der Waals surface area contributed by atoms with Crippen molar-refractivity contribution in [1.82, 2.24) is 19.5 Å². The van der Waals surface area contributed by atoms with E-state index in [4.69, 9.17) is 19.0 Å². The Labute approximate surface area is 180 Å². The first-order chi connectivity index (χ1) is 14.8. The fourth-order valence-electron chi connectivity index (χ4n) is 2.99. The number of hydrogen-bond donors (Lipinski definition) is 2. The first-order valence-corrected chi connectivity index (χ1v) is 10.7. The van der Waals surface area contributed by atoms with Crippen LogP contribution in [-0.2, 0) is 16.5 Å². The molecule has 0 radical (unpaired) electrons. The van der Waals surface area contributed by atoms with E-state index in [0.29, 0.717) is 12.1 Å². The molecule has 164 valence electrons. The number of methoxy groups -OCH3 is 3. The number of nitrogens with zero attached hydrogens (tertiary/aromatic N) is 3. The first-order valence-electron chi connectivity index (χ1n) is 9.14. The number of amides is 1. The van der Waals surface area contributed by atoms with Crippen molar-refractivity contribution in [2.75, 3.05) is 21.3 Å². The maximum Gasteiger partial charge on any atom is 0.282 e. The minimum atomic E-state index is -3.83. The number of nitrogens with one attached hydrogen (secondary N) is 2. The van der Waals surface area contributed by atoms with Crippen LogP contribution in [0.3, 0.4) is 0 Å². The maximum absolute atomic E-state index is 13.2. The fraction of sp³-hybridized carbons (Fsp3) is 0.250. The second-order valence-corrected chi connectivity index (χ2v) is 8.28. The number of benzene rings is 1. The summed E-state index contributed by atoms with van der Waals surface area (Å²) in [6, 6.07) is 8.16. The number of carbonyl (C=O) groups excluding carboxylic acids is 1. The lowest BCUT2D eigenvalue weighted by Gasteiger charge is -2.17. The lowest BCUT2D eigenvalue weighted by atomic mass is 10.2. The standard InChI is InChI=1S/C20H23N5O5S/c1-13-10-16(28-2)18(17(11-13)29-3)31(21,27)24-19(26)15-7-6-14(20(23-15)30-4)12-25-9-5-8-22-25/h5-11H,12H2,1-4H3,(H2,21,24,26,27)/t31-/m1/s1. The zero-order valence-corrected chi connectivity index (χ0v) is 18.4. The Morgan fingerprint density at radius 3 is 2.39 bits per heavy atom. The molecule has 1 atom stereocenters. The van der Waals surface area contributed by atoms with Crippen molar-refractivity contribution in [1.29, 1.82) is 4.78 Å². The lowest BCUT2D eigenvalue weighted by molar-refractivity contribution is 0.0976. The molecule has 2 aromatic heterocycles. The molecule has 0 saturated heterocycles. The third-order valence-electron chi connectivity index (χ3n) is 4.39. The molecule has 31 heavy (non-hydrogen) atoms. The summed E-state index contributed by atoms with van der Waals surface area (Å²) in [5.74, 6) is -0.215. The Morgan fingerprint density at radius 2 is 1.84 bits per heavy atom. The van der Waals surface area contributed by atoms with Gasteiger partial charge in [0.1, 0.15) is 17.2 Å². The van der Waals surface area contributed by atoms with Crippen molar-refractivity contribution < 1.29 is 23.2 Å². The van der Waals surface area contributed by atoms with E-state index < -0.39 is 15.8 Å². The summed E-state index contributed by atoms with van der Waals surface area (Å²) in [6.45, 7) is 2.21. The Bertz CT molecular complexity index is 1170. The summed E-state index contributed by atoms with van der Waals surface area (Å²) in [7, 11) is 0.389. The van der Waals surface area contributed by atoms with E-state index in [2.05, 4.69) is 14.8 Å². The summed E-state index contributed by atoms with van der Waals surface area (Å²) >= 11 is 0. The van der Waals surface area contributed by atoms with Crippen LogP contribution >= 0.6 is 0 Å². The minimum absolute atomic E-state index is 0.0499. The van der Waals surface area contributed by atoms with Gasteiger partial charge in [-0.05, 0) is 42.8 Å². The summed E-state index contributed by atoms with van der Waals surface area (Å²) in [4.78, 5) is 16.9. The van der Waals surface area contributed by atoms with Crippen LogP contribution in [0.1, 0.15) is 21.6 Å². The third-order valence-corrected chi connectivity index (χ3v) is 5.84. The van der Waals surface area contributed by atoms with Crippen molar-refractivity contribution in [2.45, 2.75) is 18.4 Å². The molecule has 0 unspecified atom stereocenters. The van der Waals surface area contributed by atoms with Gasteiger partial charge >= 0.3 is 0 Å². The molecule has 2 heterocycles. The molecule has 1 amide bonds. The van der Waals surface area contributed by atoms with Crippen LogP contribution in [0.5, 0.6) is 17.4 Å². The van der Waals surface area contributed by atoms with Crippen molar-refractivity contribution in [3.8, 4) is 17.4 Å². The van der Waals surface area contributed by atoms with Crippen molar-refractivity contribution in [3.05, 3.63) is 59.5 Å². The lowest BCUT2D eigenvalue weighted by Crippen LogP contribution is -2.31. The number of pyridine rings is 1. The van der Waals surface area contributed by atoms with E-state index in [1.165, 1.54) is 27.4 Å². The Morgan fingerprint density at radius 1 is 1.16 bits per heavy atom. The van der Waals surface area contributed by atoms with E-state index in [1.807, 2.05) is 0 Å². The van der Waals surface area contributed by atoms with Crippen LogP contribution in [0, 0.1) is 11.7 Å². The topological polar surface area (TPSA) is 128 Å². The SMILES string of the molecule is COc1cc(C)cc(OC)c1[S@](=N)(=O)NC(=O)c1ccc(Cn2cccn2)c(OC)n1. The average molecular weight is 446 g/mol. The summed E-state index contributed by atoms with van der Waals surface area (Å²) in [5, 5.41) is 4.13. The van der Waals surface area contributed by atoms with E-state index in [9.17, 15) is 9.00 Å². The van der Waals surface area contributed by atoms with Crippen LogP contribution in [0.4, 0.5) is 0 Å². The van der Waals surface area contributed by atoms with Gasteiger partial charge in [-0.25, -0.2) is 14.0 Å². The van der Waals surface area contributed by atoms with Crippen LogP contribution in [0.25, 0.3) is 0 Å². The monoisotopic (exact) mass is 445 g/mol. The molecule has 11 heteroatoms. The molecule has 2 N–H and O–H groups in total. The van der Waals surface area contributed by atoms with Gasteiger partial charge in [-0.2, -0.15) is 5.10 Å². The smallest absolute Gasteiger partial charge is 0.282 e. The van der Waals surface area contributed by atoms with Gasteiger partial charge in [0.2, 0.25) is 5.88 Å². The van der Waals surface area contributed by atoms with Gasteiger partial charge in [0.15, 0.2) is 14.8 Å². The molecule has 0 aliphatic rings. The molecule has 0 aliphatic heterocycles. The van der Waals surface area contributed by atoms with Gasteiger partial charge in [0, 0.05) is 18.0 Å². The first kappa shape index (κ1) is 22.1. The van der Waals surface area contributed by atoms with Crippen molar-refractivity contribution in [2.24, 2.45) is 0 Å². The van der Waals surface area contributed by atoms with Crippen LogP contribution in [-0.4, -0.2) is 46.2 Å². The number of hydrogen-bond acceptors (Lipinski definition) is 8. The van der Waals surface area contributed by atoms with E-state index >= 15 is 0 Å². The quantitative estimate of drug-likeness (QED) is 0.545. The molecule has 0 fully saturated rings. The zero-order chi connectivity index (χ0) is 22.6. The Balaban J connectivity index is 1.91. The molecule has 3 rings (SSSR count). The summed E-state index contributed by atoms with van der Waals surface area (Å²) in [5.41, 5.74) is 1.44. The van der Waals surface area contributed by atoms with Gasteiger partial charge < -0.3 is 14.2 Å². The molecule has 0 spiro atoms. The molecule has 0 saturated carbocycles. The highest BCUT2D eigenvalue weighted by atomic mass is 32.2. The van der Waals surface area contributed by atoms with Crippen LogP contribution in [0.2, 0.25) is 0 Å². The van der Waals surface area contributed by atoms with Crippen LogP contribution < -0.4 is 18.9 Å². The van der Waals surface area contributed by atoms with Gasteiger partial charge in [-0.1, -0.05) is 0 Å². The minimum Gasteiger partial charge on any atom is -0.495 e. The highest BCUT2D eigenvalue weighted by molar-refractivity contribution is 7.91. The van der Waals surface area contributed by atoms with E-state index in [-0.39, 0.29) is 28.0 Å². The zero-order valence-electron chi connectivity index (χ0n) is 17.5. The molecule has 0 aliphatic carbocycles. The largest absolute Gasteiger partial charge is 0.495 e. The fourth-order valence-corrected chi connectivity index (χ4v) is 4.31. The second kappa shape index (κ2) is 9.04. The van der Waals surface area contributed by atoms with Gasteiger partial charge in [-0.15, -0.1) is 0 Å². The van der Waals surface area contributed by atoms with Crippen LogP contribution in [0.15, 0.2) is 47.6 Å². The number of carbonyl (C=O) groups is 1. The van der Waals surface area contributed by atoms with Gasteiger partial charge in [0.05, 0.1) is 27.9 Å². The number of aryl methyl sites for hydroxylation is 1. The summed E-state index contributed by atoms with van der Waals surface area (Å²) in [6.07, 6.45) is 3.44. The Hall–Kier alpha value is -3.60. The van der Waals surface area contributed by atoms with E-state index in [0.717, 1.165) is 5.56 Å². The highest BCUT2D eigenvalue weighted by Crippen LogP contribution is 2.35. The average Bonchev–Trinajstić information content (AvgIpc) is 3.25. The number of ether oxygens (including phenoxy) is 3. The van der Waals surface area contributed by atoms with Crippen molar-refractivity contribution >= 4 is 15.8 Å². The van der Waals surface area contributed by atoms with Crippen molar-refractivity contribution in [3.63, 3.8) is 0 Å². The third kappa shape index (κ3) is 4.77. The summed E-state index contributed by atoms with van der Waals surface area (Å²) < 4.78 is 41.3. The van der Waals surface area contributed by atoms with Gasteiger partial charge in [0.25, 0.3) is 5.91 Å². The number of aromatic nitrogens is 3. The van der Waals surface area contributed by atoms with E-state index in [1.54, 1.807) is 48.3 Å². The van der Waals surface area contributed by atoms with Gasteiger partial charge in [-0.3, -0.25) is 14.2 Å². The maximum atomic E-state index is 13.2. The predicted octanol–water partition coefficient (Wildman–Crippen LogP) is 2.41. The number of rotatable bonds is 8. The molecule has 3 aromatic rings. The molecular weight excluding hydrogens is 422 g/mol. The molecule has 0 bridgehead atoms. The predicted molar refractivity (Wildman–Crippen MR) is 113 cm³/mol. The Kier molecular flexibility index (Phi) is 6.44. The molecule has 10 nitrogen and oxygen atoms in total. The molecular formula is C20H23N5O5S. The second-order valence-electron chi connectivity index (χ2n) is 6.55. The molecule has 1 aromatic carbocycles. The highest BCUT2D eigenvalue weighted by Gasteiger charge is 2.25.